The zero-order chi connectivity index (χ0) is 19.4. The minimum absolute atomic E-state index is 0.0283. The molecule has 2 atom stereocenters. The number of nitrogens with zero attached hydrogens (tertiary/aromatic N) is 6. The van der Waals surface area contributed by atoms with Gasteiger partial charge in [-0.15, -0.1) is 5.10 Å². The fourth-order valence-corrected chi connectivity index (χ4v) is 4.15. The van der Waals surface area contributed by atoms with E-state index in [1.807, 2.05) is 4.90 Å². The van der Waals surface area contributed by atoms with Gasteiger partial charge < -0.3 is 9.80 Å². The van der Waals surface area contributed by atoms with Crippen molar-refractivity contribution in [1.29, 1.82) is 0 Å². The molecule has 28 heavy (non-hydrogen) atoms. The van der Waals surface area contributed by atoms with Gasteiger partial charge in [0.2, 0.25) is 5.82 Å². The molecule has 0 spiro atoms. The number of piperazine rings is 1. The Bertz CT molecular complexity index is 1130. The van der Waals surface area contributed by atoms with Crippen molar-refractivity contribution in [2.45, 2.75) is 24.9 Å². The summed E-state index contributed by atoms with van der Waals surface area (Å²) in [6.07, 6.45) is 4.84. The first-order valence-electron chi connectivity index (χ1n) is 9.05. The Morgan fingerprint density at radius 3 is 2.57 bits per heavy atom. The van der Waals surface area contributed by atoms with Crippen molar-refractivity contribution in [2.75, 3.05) is 13.1 Å². The van der Waals surface area contributed by atoms with E-state index in [1.54, 1.807) is 23.4 Å². The van der Waals surface area contributed by atoms with Gasteiger partial charge in [0.1, 0.15) is 5.52 Å². The maximum Gasteiger partial charge on any atom is 0.343 e. The van der Waals surface area contributed by atoms with E-state index < -0.39 is 5.69 Å². The number of fused-ring (bicyclic) bond motifs is 3. The van der Waals surface area contributed by atoms with Crippen LogP contribution in [0.5, 0.6) is 0 Å². The number of carbonyl (C=O) groups is 2. The lowest BCUT2D eigenvalue weighted by atomic mass is 10.1. The van der Waals surface area contributed by atoms with Gasteiger partial charge in [-0.25, -0.2) is 9.48 Å². The van der Waals surface area contributed by atoms with Crippen LogP contribution in [0.15, 0.2) is 23.3 Å². The number of H-pyrrole nitrogens is 2. The molecular formula is C17H18N8O3. The van der Waals surface area contributed by atoms with Crippen molar-refractivity contribution in [3.8, 4) is 0 Å². The van der Waals surface area contributed by atoms with E-state index >= 15 is 0 Å². The molecule has 0 saturated carbocycles. The minimum atomic E-state index is -0.429. The van der Waals surface area contributed by atoms with Crippen molar-refractivity contribution in [3.63, 3.8) is 0 Å². The average molecular weight is 382 g/mol. The molecular weight excluding hydrogens is 364 g/mol. The molecule has 0 radical (unpaired) electrons. The predicted molar refractivity (Wildman–Crippen MR) is 96.6 cm³/mol. The Morgan fingerprint density at radius 1 is 1.14 bits per heavy atom. The largest absolute Gasteiger partial charge is 0.343 e. The number of pyridine rings is 1. The summed E-state index contributed by atoms with van der Waals surface area (Å²) in [6.45, 7) is 0.832. The number of aryl methyl sites for hydroxylation is 1. The van der Waals surface area contributed by atoms with Crippen LogP contribution in [0.1, 0.15) is 33.8 Å². The van der Waals surface area contributed by atoms with Gasteiger partial charge in [-0.2, -0.15) is 5.10 Å². The van der Waals surface area contributed by atoms with Crippen LogP contribution in [0, 0.1) is 0 Å². The van der Waals surface area contributed by atoms with Gasteiger partial charge >= 0.3 is 5.69 Å². The quantitative estimate of drug-likeness (QED) is 0.614. The Kier molecular flexibility index (Phi) is 3.57. The Labute approximate surface area is 158 Å². The van der Waals surface area contributed by atoms with E-state index in [2.05, 4.69) is 25.3 Å². The number of hydrogen-bond donors (Lipinski definition) is 2. The molecule has 3 aromatic heterocycles. The third-order valence-corrected chi connectivity index (χ3v) is 5.51. The predicted octanol–water partition coefficient (Wildman–Crippen LogP) is -0.491. The zero-order valence-electron chi connectivity index (χ0n) is 15.1. The summed E-state index contributed by atoms with van der Waals surface area (Å²) in [6, 6.07) is 1.62. The van der Waals surface area contributed by atoms with Gasteiger partial charge in [0.05, 0.1) is 29.4 Å². The lowest BCUT2D eigenvalue weighted by molar-refractivity contribution is 0.0354. The highest BCUT2D eigenvalue weighted by Crippen LogP contribution is 2.32. The van der Waals surface area contributed by atoms with Crippen LogP contribution < -0.4 is 5.69 Å². The summed E-state index contributed by atoms with van der Waals surface area (Å²) in [5.41, 5.74) is 1.50. The summed E-state index contributed by atoms with van der Waals surface area (Å²) in [5.74, 6) is -0.377. The molecule has 2 fully saturated rings. The molecule has 2 aliphatic heterocycles. The SMILES string of the molecule is Cn1nc(C(=O)N2CC3CCC(C2)N3C(=O)c2cnc3cn[nH]c3c2)[nH]c1=O. The topological polar surface area (TPSA) is 133 Å². The molecule has 2 unspecified atom stereocenters. The lowest BCUT2D eigenvalue weighted by Crippen LogP contribution is -2.57. The van der Waals surface area contributed by atoms with E-state index in [9.17, 15) is 14.4 Å². The number of hydrogen-bond acceptors (Lipinski definition) is 6. The monoisotopic (exact) mass is 382 g/mol. The first-order chi connectivity index (χ1) is 13.5. The van der Waals surface area contributed by atoms with E-state index in [-0.39, 0.29) is 29.7 Å². The van der Waals surface area contributed by atoms with Gasteiger partial charge in [-0.1, -0.05) is 0 Å². The van der Waals surface area contributed by atoms with Gasteiger partial charge in [0.25, 0.3) is 11.8 Å². The fraction of sp³-hybridized carbons (Fsp3) is 0.412. The smallest absolute Gasteiger partial charge is 0.332 e. The van der Waals surface area contributed by atoms with Gasteiger partial charge in [-0.05, 0) is 18.9 Å². The lowest BCUT2D eigenvalue weighted by Gasteiger charge is -2.40. The number of amides is 2. The van der Waals surface area contributed by atoms with Gasteiger partial charge in [-0.3, -0.25) is 24.7 Å². The van der Waals surface area contributed by atoms with Gasteiger partial charge in [0.15, 0.2) is 0 Å². The van der Waals surface area contributed by atoms with Crippen molar-refractivity contribution < 1.29 is 9.59 Å². The first kappa shape index (κ1) is 16.7. The molecule has 5 heterocycles. The molecule has 2 bridgehead atoms. The van der Waals surface area contributed by atoms with Crippen molar-refractivity contribution in [2.24, 2.45) is 7.05 Å². The Morgan fingerprint density at radius 2 is 1.89 bits per heavy atom. The second kappa shape index (κ2) is 6.01. The zero-order valence-corrected chi connectivity index (χ0v) is 15.1. The molecule has 3 aromatic rings. The molecule has 2 saturated heterocycles. The third-order valence-electron chi connectivity index (χ3n) is 5.51. The van der Waals surface area contributed by atoms with Crippen molar-refractivity contribution in [1.82, 2.24) is 39.7 Å². The summed E-state index contributed by atoms with van der Waals surface area (Å²) in [5, 5.41) is 10.7. The third kappa shape index (κ3) is 2.50. The number of carbonyl (C=O) groups excluding carboxylic acids is 2. The molecule has 5 rings (SSSR count). The first-order valence-corrected chi connectivity index (χ1v) is 9.05. The van der Waals surface area contributed by atoms with Crippen LogP contribution >= 0.6 is 0 Å². The normalized spacial score (nSPS) is 21.5. The Balaban J connectivity index is 1.37. The van der Waals surface area contributed by atoms with Crippen molar-refractivity contribution in [3.05, 3.63) is 40.3 Å². The van der Waals surface area contributed by atoms with E-state index in [0.717, 1.165) is 17.5 Å². The molecule has 11 nitrogen and oxygen atoms in total. The number of aromatic nitrogens is 6. The summed E-state index contributed by atoms with van der Waals surface area (Å²) >= 11 is 0. The van der Waals surface area contributed by atoms with E-state index in [1.165, 1.54) is 7.05 Å². The highest BCUT2D eigenvalue weighted by molar-refractivity contribution is 5.97. The Hall–Kier alpha value is -3.50. The molecule has 2 aliphatic rings. The van der Waals surface area contributed by atoms with Crippen LogP contribution in [-0.2, 0) is 7.05 Å². The second-order valence-corrected chi connectivity index (χ2v) is 7.24. The molecule has 2 N–H and O–H groups in total. The molecule has 0 aliphatic carbocycles. The molecule has 2 amide bonds. The highest BCUT2D eigenvalue weighted by atomic mass is 16.2. The fourth-order valence-electron chi connectivity index (χ4n) is 4.15. The number of aromatic amines is 2. The molecule has 144 valence electrons. The maximum absolute atomic E-state index is 13.1. The van der Waals surface area contributed by atoms with Crippen molar-refractivity contribution >= 4 is 22.8 Å². The average Bonchev–Trinajstić information content (AvgIpc) is 3.36. The number of likely N-dealkylation sites (tertiary alicyclic amines) is 1. The summed E-state index contributed by atoms with van der Waals surface area (Å²) in [4.78, 5) is 47.6. The second-order valence-electron chi connectivity index (χ2n) is 7.24. The molecule has 0 aromatic carbocycles. The highest BCUT2D eigenvalue weighted by Gasteiger charge is 2.44. The van der Waals surface area contributed by atoms with Gasteiger partial charge in [0, 0.05) is 26.3 Å². The minimum Gasteiger partial charge on any atom is -0.332 e. The van der Waals surface area contributed by atoms with Crippen LogP contribution in [0.25, 0.3) is 11.0 Å². The van der Waals surface area contributed by atoms with E-state index in [4.69, 9.17) is 0 Å². The maximum atomic E-state index is 13.1. The van der Waals surface area contributed by atoms with Crippen LogP contribution in [-0.4, -0.2) is 76.7 Å². The number of nitrogens with one attached hydrogen (secondary N) is 2. The molecule has 11 heteroatoms. The van der Waals surface area contributed by atoms with E-state index in [0.29, 0.717) is 29.7 Å². The standard InChI is InChI=1S/C17H18N8O3/c1-23-17(28)20-14(22-23)16(27)24-7-10-2-3-11(8-24)25(10)15(26)9-4-12-13(18-5-9)6-19-21-12/h4-6,10-11H,2-3,7-8H2,1H3,(H,19,21)(H,20,22,28). The number of rotatable bonds is 2. The van der Waals surface area contributed by atoms with Crippen LogP contribution in [0.2, 0.25) is 0 Å². The van der Waals surface area contributed by atoms with Crippen LogP contribution in [0.3, 0.4) is 0 Å². The van der Waals surface area contributed by atoms with Crippen LogP contribution in [0.4, 0.5) is 0 Å². The summed E-state index contributed by atoms with van der Waals surface area (Å²) < 4.78 is 1.10. The summed E-state index contributed by atoms with van der Waals surface area (Å²) in [7, 11) is 1.49.